The molecule has 0 spiro atoms. The number of alkyl halides is 3. The van der Waals surface area contributed by atoms with Crippen molar-refractivity contribution in [1.29, 1.82) is 0 Å². The lowest BCUT2D eigenvalue weighted by atomic mass is 10.0. The zero-order chi connectivity index (χ0) is 15.9. The minimum absolute atomic E-state index is 0.0272. The first-order valence-electron chi connectivity index (χ1n) is 6.38. The SMILES string of the molecule is COc1ccn2c(-c3ccc(N)cc3C(F)(F)F)cnc2c1. The summed E-state index contributed by atoms with van der Waals surface area (Å²) in [6.07, 6.45) is -1.48. The normalized spacial score (nSPS) is 11.8. The standard InChI is InChI=1S/C15H12F3N3O/c1-22-10-4-5-21-13(8-20-14(21)7-10)11-3-2-9(19)6-12(11)15(16,17)18/h2-8H,19H2,1H3. The molecule has 2 aromatic heterocycles. The van der Waals surface area contributed by atoms with Crippen LogP contribution in [0.2, 0.25) is 0 Å². The molecule has 0 unspecified atom stereocenters. The van der Waals surface area contributed by atoms with Crippen LogP contribution in [0.15, 0.2) is 42.7 Å². The first kappa shape index (κ1) is 14.2. The minimum atomic E-state index is -4.50. The van der Waals surface area contributed by atoms with Crippen molar-refractivity contribution >= 4 is 11.3 Å². The van der Waals surface area contributed by atoms with E-state index >= 15 is 0 Å². The molecule has 114 valence electrons. The van der Waals surface area contributed by atoms with Gasteiger partial charge in [-0.25, -0.2) is 4.98 Å². The molecule has 3 aromatic rings. The van der Waals surface area contributed by atoms with Crippen LogP contribution in [-0.2, 0) is 6.18 Å². The van der Waals surface area contributed by atoms with Gasteiger partial charge < -0.3 is 10.5 Å². The third-order valence-corrected chi connectivity index (χ3v) is 3.35. The molecule has 0 atom stereocenters. The number of benzene rings is 1. The maximum Gasteiger partial charge on any atom is 0.417 e. The lowest BCUT2D eigenvalue weighted by molar-refractivity contribution is -0.137. The van der Waals surface area contributed by atoms with Crippen molar-refractivity contribution in [2.75, 3.05) is 12.8 Å². The van der Waals surface area contributed by atoms with E-state index < -0.39 is 11.7 Å². The fraction of sp³-hybridized carbons (Fsp3) is 0.133. The van der Waals surface area contributed by atoms with Crippen LogP contribution in [0.5, 0.6) is 5.75 Å². The van der Waals surface area contributed by atoms with Crippen LogP contribution in [0, 0.1) is 0 Å². The van der Waals surface area contributed by atoms with E-state index in [9.17, 15) is 13.2 Å². The van der Waals surface area contributed by atoms with Gasteiger partial charge in [-0.15, -0.1) is 0 Å². The van der Waals surface area contributed by atoms with Crippen LogP contribution in [0.25, 0.3) is 16.9 Å². The fourth-order valence-electron chi connectivity index (χ4n) is 2.31. The molecule has 0 saturated heterocycles. The van der Waals surface area contributed by atoms with E-state index in [1.54, 1.807) is 22.7 Å². The first-order valence-corrected chi connectivity index (χ1v) is 6.38. The van der Waals surface area contributed by atoms with E-state index in [2.05, 4.69) is 4.98 Å². The molecule has 7 heteroatoms. The number of methoxy groups -OCH3 is 1. The van der Waals surface area contributed by atoms with E-state index in [-0.39, 0.29) is 11.3 Å². The number of nitrogens with two attached hydrogens (primary N) is 1. The number of ether oxygens (including phenoxy) is 1. The minimum Gasteiger partial charge on any atom is -0.497 e. The highest BCUT2D eigenvalue weighted by atomic mass is 19.4. The van der Waals surface area contributed by atoms with Crippen LogP contribution < -0.4 is 10.5 Å². The molecular weight excluding hydrogens is 295 g/mol. The molecule has 0 saturated carbocycles. The van der Waals surface area contributed by atoms with Crippen LogP contribution >= 0.6 is 0 Å². The summed E-state index contributed by atoms with van der Waals surface area (Å²) in [4.78, 5) is 4.13. The molecule has 0 aliphatic heterocycles. The number of fused-ring (bicyclic) bond motifs is 1. The van der Waals surface area contributed by atoms with Crippen molar-refractivity contribution < 1.29 is 17.9 Å². The Morgan fingerprint density at radius 1 is 1.18 bits per heavy atom. The molecule has 0 aliphatic carbocycles. The van der Waals surface area contributed by atoms with E-state index in [0.717, 1.165) is 6.07 Å². The number of aromatic nitrogens is 2. The van der Waals surface area contributed by atoms with Crippen LogP contribution in [0.1, 0.15) is 5.56 Å². The van der Waals surface area contributed by atoms with Gasteiger partial charge in [-0.3, -0.25) is 4.40 Å². The summed E-state index contributed by atoms with van der Waals surface area (Å²) >= 11 is 0. The Balaban J connectivity index is 2.24. The van der Waals surface area contributed by atoms with Crippen molar-refractivity contribution in [3.05, 3.63) is 48.3 Å². The van der Waals surface area contributed by atoms with Crippen LogP contribution in [0.3, 0.4) is 0 Å². The van der Waals surface area contributed by atoms with Gasteiger partial charge in [0.15, 0.2) is 0 Å². The molecule has 4 nitrogen and oxygen atoms in total. The predicted molar refractivity (Wildman–Crippen MR) is 76.6 cm³/mol. The molecule has 1 aromatic carbocycles. The van der Waals surface area contributed by atoms with Gasteiger partial charge in [0.2, 0.25) is 0 Å². The van der Waals surface area contributed by atoms with Crippen molar-refractivity contribution in [3.63, 3.8) is 0 Å². The van der Waals surface area contributed by atoms with Gasteiger partial charge in [-0.2, -0.15) is 13.2 Å². The van der Waals surface area contributed by atoms with Crippen LogP contribution in [0.4, 0.5) is 18.9 Å². The highest BCUT2D eigenvalue weighted by Gasteiger charge is 2.34. The highest BCUT2D eigenvalue weighted by molar-refractivity contribution is 5.70. The highest BCUT2D eigenvalue weighted by Crippen LogP contribution is 2.38. The molecule has 2 N–H and O–H groups in total. The molecular formula is C15H12F3N3O. The Hall–Kier alpha value is -2.70. The summed E-state index contributed by atoms with van der Waals surface area (Å²) in [6, 6.07) is 7.02. The van der Waals surface area contributed by atoms with Crippen molar-refractivity contribution in [3.8, 4) is 17.0 Å². The lowest BCUT2D eigenvalue weighted by Crippen LogP contribution is -2.08. The summed E-state index contributed by atoms with van der Waals surface area (Å²) in [5.41, 5.74) is 5.63. The molecule has 22 heavy (non-hydrogen) atoms. The molecule has 0 radical (unpaired) electrons. The number of pyridine rings is 1. The van der Waals surface area contributed by atoms with Crippen molar-refractivity contribution in [1.82, 2.24) is 9.38 Å². The van der Waals surface area contributed by atoms with Gasteiger partial charge in [0.1, 0.15) is 11.4 Å². The number of hydrogen-bond acceptors (Lipinski definition) is 3. The molecule has 3 rings (SSSR count). The van der Waals surface area contributed by atoms with Gasteiger partial charge in [-0.05, 0) is 18.2 Å². The Kier molecular flexibility index (Phi) is 3.20. The third kappa shape index (κ3) is 2.34. The van der Waals surface area contributed by atoms with E-state index in [1.165, 1.54) is 25.4 Å². The molecule has 2 heterocycles. The Labute approximate surface area is 124 Å². The van der Waals surface area contributed by atoms with Gasteiger partial charge in [0.05, 0.1) is 24.6 Å². The molecule has 0 amide bonds. The Morgan fingerprint density at radius 3 is 2.64 bits per heavy atom. The fourth-order valence-corrected chi connectivity index (χ4v) is 2.31. The van der Waals surface area contributed by atoms with E-state index in [4.69, 9.17) is 10.5 Å². The first-order chi connectivity index (χ1) is 10.4. The van der Waals surface area contributed by atoms with Crippen LogP contribution in [-0.4, -0.2) is 16.5 Å². The number of rotatable bonds is 2. The summed E-state index contributed by atoms with van der Waals surface area (Å²) in [5, 5.41) is 0. The summed E-state index contributed by atoms with van der Waals surface area (Å²) < 4.78 is 46.4. The van der Waals surface area contributed by atoms with Gasteiger partial charge in [0, 0.05) is 23.5 Å². The van der Waals surface area contributed by atoms with Crippen molar-refractivity contribution in [2.24, 2.45) is 0 Å². The Bertz CT molecular complexity index is 840. The summed E-state index contributed by atoms with van der Waals surface area (Å²) in [5.74, 6) is 0.581. The number of hydrogen-bond donors (Lipinski definition) is 1. The number of nitrogen functional groups attached to an aromatic ring is 1. The maximum absolute atomic E-state index is 13.2. The average molecular weight is 307 g/mol. The van der Waals surface area contributed by atoms with E-state index in [1.807, 2.05) is 0 Å². The summed E-state index contributed by atoms with van der Waals surface area (Å²) in [6.45, 7) is 0. The second-order valence-corrected chi connectivity index (χ2v) is 4.74. The van der Waals surface area contributed by atoms with Gasteiger partial charge in [0.25, 0.3) is 0 Å². The van der Waals surface area contributed by atoms with Gasteiger partial charge >= 0.3 is 6.18 Å². The number of nitrogens with zero attached hydrogens (tertiary/aromatic N) is 2. The monoisotopic (exact) mass is 307 g/mol. The van der Waals surface area contributed by atoms with Crippen molar-refractivity contribution in [2.45, 2.75) is 6.18 Å². The predicted octanol–water partition coefficient (Wildman–Crippen LogP) is 3.61. The lowest BCUT2D eigenvalue weighted by Gasteiger charge is -2.13. The zero-order valence-electron chi connectivity index (χ0n) is 11.6. The quantitative estimate of drug-likeness (QED) is 0.736. The maximum atomic E-state index is 13.2. The second kappa shape index (κ2) is 4.94. The number of anilines is 1. The van der Waals surface area contributed by atoms with Gasteiger partial charge in [-0.1, -0.05) is 6.07 Å². The topological polar surface area (TPSA) is 52.5 Å². The molecule has 0 aliphatic rings. The summed E-state index contributed by atoms with van der Waals surface area (Å²) in [7, 11) is 1.51. The molecule has 0 fully saturated rings. The third-order valence-electron chi connectivity index (χ3n) is 3.35. The van der Waals surface area contributed by atoms with E-state index in [0.29, 0.717) is 17.1 Å². The largest absolute Gasteiger partial charge is 0.497 e. The average Bonchev–Trinajstić information content (AvgIpc) is 2.89. The zero-order valence-corrected chi connectivity index (χ0v) is 11.6. The Morgan fingerprint density at radius 2 is 1.95 bits per heavy atom. The number of imidazole rings is 1. The smallest absolute Gasteiger partial charge is 0.417 e. The molecule has 0 bridgehead atoms. The second-order valence-electron chi connectivity index (χ2n) is 4.74. The number of halogens is 3.